The van der Waals surface area contributed by atoms with Crippen LogP contribution in [0.25, 0.3) is 0 Å². The van der Waals surface area contributed by atoms with Gasteiger partial charge in [0.15, 0.2) is 5.75 Å². The third kappa shape index (κ3) is 4.03. The molecule has 0 aliphatic rings. The fraction of sp³-hybridized carbons (Fsp3) is 0.400. The number of nitro groups is 1. The molecule has 1 aromatic carbocycles. The van der Waals surface area contributed by atoms with E-state index in [0.29, 0.717) is 12.1 Å². The molecule has 0 atom stereocenters. The maximum atomic E-state index is 13.5. The summed E-state index contributed by atoms with van der Waals surface area (Å²) in [5, 5.41) is 10.8. The molecular formula is C10H11ClFNO5S. The van der Waals surface area contributed by atoms with Gasteiger partial charge in [0.2, 0.25) is 0 Å². The first-order chi connectivity index (χ1) is 8.62. The highest BCUT2D eigenvalue weighted by atomic mass is 35.7. The predicted octanol–water partition coefficient (Wildman–Crippen LogP) is 2.70. The van der Waals surface area contributed by atoms with E-state index in [1.54, 1.807) is 13.8 Å². The van der Waals surface area contributed by atoms with Crippen molar-refractivity contribution in [3.05, 3.63) is 28.1 Å². The summed E-state index contributed by atoms with van der Waals surface area (Å²) >= 11 is 0. The second-order valence-electron chi connectivity index (χ2n) is 4.15. The van der Waals surface area contributed by atoms with Crippen LogP contribution in [0.2, 0.25) is 0 Å². The van der Waals surface area contributed by atoms with Crippen LogP contribution in [0.15, 0.2) is 17.0 Å². The molecule has 0 aliphatic heterocycles. The molecule has 19 heavy (non-hydrogen) atoms. The van der Waals surface area contributed by atoms with E-state index in [0.717, 1.165) is 0 Å². The van der Waals surface area contributed by atoms with Gasteiger partial charge in [0.1, 0.15) is 10.7 Å². The molecular weight excluding hydrogens is 301 g/mol. The summed E-state index contributed by atoms with van der Waals surface area (Å²) in [5.41, 5.74) is -0.652. The average molecular weight is 312 g/mol. The van der Waals surface area contributed by atoms with E-state index in [1.165, 1.54) is 0 Å². The quantitative estimate of drug-likeness (QED) is 0.474. The third-order valence-corrected chi connectivity index (χ3v) is 3.38. The second-order valence-corrected chi connectivity index (χ2v) is 6.68. The van der Waals surface area contributed by atoms with Crippen LogP contribution in [0.5, 0.6) is 5.75 Å². The van der Waals surface area contributed by atoms with Crippen molar-refractivity contribution in [3.63, 3.8) is 0 Å². The minimum absolute atomic E-state index is 0.0686. The maximum absolute atomic E-state index is 13.5. The van der Waals surface area contributed by atoms with Gasteiger partial charge in [-0.3, -0.25) is 10.1 Å². The standard InChI is InChI=1S/C10H11ClFNO5S/c1-6(2)5-18-9-3-7(12)10(19(11,16)17)4-8(9)13(14)15/h3-4,6H,5H2,1-2H3. The smallest absolute Gasteiger partial charge is 0.312 e. The molecule has 0 aromatic heterocycles. The monoisotopic (exact) mass is 311 g/mol. The third-order valence-electron chi connectivity index (χ3n) is 2.05. The summed E-state index contributed by atoms with van der Waals surface area (Å²) in [7, 11) is 0.589. The highest BCUT2D eigenvalue weighted by molar-refractivity contribution is 8.13. The molecule has 0 bridgehead atoms. The molecule has 9 heteroatoms. The van der Waals surface area contributed by atoms with Crippen LogP contribution >= 0.6 is 10.7 Å². The number of rotatable bonds is 5. The molecule has 1 aromatic rings. The van der Waals surface area contributed by atoms with Gasteiger partial charge in [-0.15, -0.1) is 0 Å². The van der Waals surface area contributed by atoms with Crippen LogP contribution in [0.4, 0.5) is 10.1 Å². The molecule has 0 heterocycles. The Morgan fingerprint density at radius 3 is 2.47 bits per heavy atom. The molecule has 0 fully saturated rings. The first-order valence-corrected chi connectivity index (χ1v) is 7.49. The molecule has 6 nitrogen and oxygen atoms in total. The minimum Gasteiger partial charge on any atom is -0.486 e. The molecule has 106 valence electrons. The summed E-state index contributed by atoms with van der Waals surface area (Å²) in [6.07, 6.45) is 0. The number of ether oxygens (including phenoxy) is 1. The summed E-state index contributed by atoms with van der Waals surface area (Å²) in [4.78, 5) is 9.02. The largest absolute Gasteiger partial charge is 0.486 e. The molecule has 0 spiro atoms. The number of nitrogens with zero attached hydrogens (tertiary/aromatic N) is 1. The molecule has 0 saturated carbocycles. The summed E-state index contributed by atoms with van der Waals surface area (Å²) in [5.74, 6) is -1.46. The summed E-state index contributed by atoms with van der Waals surface area (Å²) in [6.45, 7) is 3.74. The molecule has 1 rings (SSSR count). The molecule has 0 aliphatic carbocycles. The Morgan fingerprint density at radius 1 is 1.47 bits per heavy atom. The molecule has 0 unspecified atom stereocenters. The van der Waals surface area contributed by atoms with Crippen LogP contribution in [0.3, 0.4) is 0 Å². The van der Waals surface area contributed by atoms with Crippen LogP contribution in [-0.2, 0) is 9.05 Å². The van der Waals surface area contributed by atoms with Gasteiger partial charge in [0.05, 0.1) is 11.5 Å². The van der Waals surface area contributed by atoms with Crippen LogP contribution in [0, 0.1) is 21.8 Å². The van der Waals surface area contributed by atoms with E-state index < -0.39 is 30.4 Å². The van der Waals surface area contributed by atoms with Crippen LogP contribution in [0.1, 0.15) is 13.8 Å². The molecule has 0 saturated heterocycles. The fourth-order valence-corrected chi connectivity index (χ4v) is 2.12. The van der Waals surface area contributed by atoms with E-state index in [1.807, 2.05) is 0 Å². The predicted molar refractivity (Wildman–Crippen MR) is 66.4 cm³/mol. The Labute approximate surface area is 113 Å². The Balaban J connectivity index is 3.34. The zero-order valence-electron chi connectivity index (χ0n) is 10.1. The highest BCUT2D eigenvalue weighted by Gasteiger charge is 2.25. The van der Waals surface area contributed by atoms with Crippen molar-refractivity contribution >= 4 is 25.4 Å². The lowest BCUT2D eigenvalue weighted by Crippen LogP contribution is -2.08. The number of hydrogen-bond donors (Lipinski definition) is 0. The number of benzene rings is 1. The topological polar surface area (TPSA) is 86.5 Å². The van der Waals surface area contributed by atoms with Crippen LogP contribution in [-0.4, -0.2) is 19.9 Å². The van der Waals surface area contributed by atoms with E-state index in [-0.39, 0.29) is 18.3 Å². The molecule has 0 amide bonds. The van der Waals surface area contributed by atoms with Crippen molar-refractivity contribution in [2.75, 3.05) is 6.61 Å². The van der Waals surface area contributed by atoms with Gasteiger partial charge >= 0.3 is 5.69 Å². The van der Waals surface area contributed by atoms with E-state index in [2.05, 4.69) is 0 Å². The molecule has 0 radical (unpaired) electrons. The first-order valence-electron chi connectivity index (χ1n) is 5.18. The van der Waals surface area contributed by atoms with Gasteiger partial charge in [-0.25, -0.2) is 12.8 Å². The van der Waals surface area contributed by atoms with Gasteiger partial charge in [-0.05, 0) is 5.92 Å². The Bertz CT molecular complexity index is 602. The van der Waals surface area contributed by atoms with Crippen LogP contribution < -0.4 is 4.74 Å². The van der Waals surface area contributed by atoms with Gasteiger partial charge in [0, 0.05) is 22.8 Å². The Kier molecular flexibility index (Phi) is 4.70. The Morgan fingerprint density at radius 2 is 2.05 bits per heavy atom. The summed E-state index contributed by atoms with van der Waals surface area (Å²) < 4.78 is 40.8. The van der Waals surface area contributed by atoms with Crippen molar-refractivity contribution in [1.29, 1.82) is 0 Å². The van der Waals surface area contributed by atoms with Crippen molar-refractivity contribution in [2.24, 2.45) is 5.92 Å². The van der Waals surface area contributed by atoms with Crippen molar-refractivity contribution in [1.82, 2.24) is 0 Å². The maximum Gasteiger partial charge on any atom is 0.312 e. The first kappa shape index (κ1) is 15.6. The lowest BCUT2D eigenvalue weighted by atomic mass is 10.2. The molecule has 0 N–H and O–H groups in total. The fourth-order valence-electron chi connectivity index (χ4n) is 1.23. The number of nitro benzene ring substituents is 1. The normalized spacial score (nSPS) is 11.6. The summed E-state index contributed by atoms with van der Waals surface area (Å²) in [6, 6.07) is 1.20. The highest BCUT2D eigenvalue weighted by Crippen LogP contribution is 2.33. The SMILES string of the molecule is CC(C)COc1cc(F)c(S(=O)(=O)Cl)cc1[N+](=O)[O-]. The van der Waals surface area contributed by atoms with E-state index in [9.17, 15) is 22.9 Å². The number of hydrogen-bond acceptors (Lipinski definition) is 5. The van der Waals surface area contributed by atoms with Gasteiger partial charge in [-0.2, -0.15) is 0 Å². The minimum atomic E-state index is -4.40. The van der Waals surface area contributed by atoms with Gasteiger partial charge in [-0.1, -0.05) is 13.8 Å². The van der Waals surface area contributed by atoms with Crippen molar-refractivity contribution in [2.45, 2.75) is 18.7 Å². The van der Waals surface area contributed by atoms with Crippen molar-refractivity contribution < 1.29 is 22.5 Å². The van der Waals surface area contributed by atoms with Gasteiger partial charge < -0.3 is 4.74 Å². The lowest BCUT2D eigenvalue weighted by Gasteiger charge is -2.10. The van der Waals surface area contributed by atoms with E-state index in [4.69, 9.17) is 15.4 Å². The Hall–Kier alpha value is -1.41. The zero-order valence-corrected chi connectivity index (χ0v) is 11.7. The second kappa shape index (κ2) is 5.70. The average Bonchev–Trinajstić information content (AvgIpc) is 2.23. The van der Waals surface area contributed by atoms with Crippen molar-refractivity contribution in [3.8, 4) is 5.75 Å². The van der Waals surface area contributed by atoms with E-state index >= 15 is 0 Å². The lowest BCUT2D eigenvalue weighted by molar-refractivity contribution is -0.386. The van der Waals surface area contributed by atoms with Gasteiger partial charge in [0.25, 0.3) is 9.05 Å². The number of halogens is 2. The zero-order chi connectivity index (χ0) is 14.8.